The zero-order valence-corrected chi connectivity index (χ0v) is 13.0. The van der Waals surface area contributed by atoms with Gasteiger partial charge in [0.05, 0.1) is 5.92 Å². The van der Waals surface area contributed by atoms with Gasteiger partial charge in [-0.2, -0.15) is 0 Å². The lowest BCUT2D eigenvalue weighted by atomic mass is 9.96. The molecule has 0 bridgehead atoms. The average Bonchev–Trinajstić information content (AvgIpc) is 2.26. The summed E-state index contributed by atoms with van der Waals surface area (Å²) in [5.74, 6) is -1.91. The minimum atomic E-state index is -0.914. The molecule has 104 valence electrons. The fourth-order valence-electron chi connectivity index (χ4n) is 1.60. The summed E-state index contributed by atoms with van der Waals surface area (Å²) >= 11 is 9.10. The molecular weight excluding hydrogens is 334 g/mol. The van der Waals surface area contributed by atoms with Gasteiger partial charge in [0, 0.05) is 21.6 Å². The molecule has 19 heavy (non-hydrogen) atoms. The minimum absolute atomic E-state index is 0.0519. The van der Waals surface area contributed by atoms with Crippen molar-refractivity contribution < 1.29 is 14.7 Å². The number of hydrogen-bond acceptors (Lipinski definition) is 2. The highest BCUT2D eigenvalue weighted by atomic mass is 79.9. The number of nitrogens with one attached hydrogen (secondary N) is 1. The SMILES string of the molecule is CC(C)C(CNC(=O)c1cc(Cl)cc(Br)c1)C(=O)O. The first-order valence-electron chi connectivity index (χ1n) is 5.78. The third-order valence-corrected chi connectivity index (χ3v) is 3.41. The van der Waals surface area contributed by atoms with E-state index in [0.717, 1.165) is 0 Å². The summed E-state index contributed by atoms with van der Waals surface area (Å²) in [5, 5.41) is 12.1. The van der Waals surface area contributed by atoms with Crippen LogP contribution < -0.4 is 5.32 Å². The highest BCUT2D eigenvalue weighted by molar-refractivity contribution is 9.10. The summed E-state index contributed by atoms with van der Waals surface area (Å²) in [6.07, 6.45) is 0. The lowest BCUT2D eigenvalue weighted by molar-refractivity contribution is -0.142. The Hall–Kier alpha value is -1.07. The molecule has 1 amide bonds. The first-order valence-corrected chi connectivity index (χ1v) is 6.95. The lowest BCUT2D eigenvalue weighted by Crippen LogP contribution is -2.35. The maximum absolute atomic E-state index is 11.9. The van der Waals surface area contributed by atoms with Gasteiger partial charge in [-0.3, -0.25) is 9.59 Å². The first-order chi connectivity index (χ1) is 8.81. The number of benzene rings is 1. The van der Waals surface area contributed by atoms with Crippen LogP contribution in [0.25, 0.3) is 0 Å². The number of carboxylic acid groups (broad SMARTS) is 1. The van der Waals surface area contributed by atoms with Crippen molar-refractivity contribution in [2.75, 3.05) is 6.54 Å². The van der Waals surface area contributed by atoms with E-state index < -0.39 is 11.9 Å². The summed E-state index contributed by atoms with van der Waals surface area (Å²) in [5.41, 5.74) is 0.396. The van der Waals surface area contributed by atoms with Crippen LogP contribution in [0, 0.1) is 11.8 Å². The van der Waals surface area contributed by atoms with Crippen LogP contribution in [0.4, 0.5) is 0 Å². The van der Waals surface area contributed by atoms with Gasteiger partial charge >= 0.3 is 5.97 Å². The van der Waals surface area contributed by atoms with Crippen LogP contribution >= 0.6 is 27.5 Å². The lowest BCUT2D eigenvalue weighted by Gasteiger charge is -2.16. The van der Waals surface area contributed by atoms with E-state index in [0.29, 0.717) is 15.1 Å². The van der Waals surface area contributed by atoms with E-state index >= 15 is 0 Å². The summed E-state index contributed by atoms with van der Waals surface area (Å²) in [6.45, 7) is 3.71. The van der Waals surface area contributed by atoms with Gasteiger partial charge in [0.1, 0.15) is 0 Å². The molecular formula is C13H15BrClNO3. The molecule has 1 atom stereocenters. The van der Waals surface area contributed by atoms with Gasteiger partial charge in [-0.1, -0.05) is 41.4 Å². The van der Waals surface area contributed by atoms with Crippen LogP contribution in [-0.4, -0.2) is 23.5 Å². The molecule has 1 aromatic carbocycles. The zero-order chi connectivity index (χ0) is 14.6. The second kappa shape index (κ2) is 6.91. The quantitative estimate of drug-likeness (QED) is 0.859. The van der Waals surface area contributed by atoms with E-state index in [-0.39, 0.29) is 18.4 Å². The Bertz CT molecular complexity index is 471. The minimum Gasteiger partial charge on any atom is -0.481 e. The van der Waals surface area contributed by atoms with E-state index in [1.54, 1.807) is 26.0 Å². The topological polar surface area (TPSA) is 66.4 Å². The van der Waals surface area contributed by atoms with Gasteiger partial charge in [0.25, 0.3) is 5.91 Å². The van der Waals surface area contributed by atoms with Crippen LogP contribution in [0.1, 0.15) is 24.2 Å². The van der Waals surface area contributed by atoms with Crippen molar-refractivity contribution in [1.29, 1.82) is 0 Å². The van der Waals surface area contributed by atoms with Crippen LogP contribution in [0.3, 0.4) is 0 Å². The zero-order valence-electron chi connectivity index (χ0n) is 10.6. The molecule has 4 nitrogen and oxygen atoms in total. The van der Waals surface area contributed by atoms with Crippen molar-refractivity contribution in [3.05, 3.63) is 33.3 Å². The Morgan fingerprint density at radius 1 is 1.37 bits per heavy atom. The number of aliphatic carboxylic acids is 1. The second-order valence-corrected chi connectivity index (χ2v) is 5.91. The van der Waals surface area contributed by atoms with Crippen LogP contribution in [0.5, 0.6) is 0 Å². The molecule has 0 aliphatic rings. The van der Waals surface area contributed by atoms with E-state index in [2.05, 4.69) is 21.2 Å². The molecule has 0 saturated carbocycles. The number of amides is 1. The summed E-state index contributed by atoms with van der Waals surface area (Å²) < 4.78 is 0.698. The number of hydrogen-bond donors (Lipinski definition) is 2. The first kappa shape index (κ1) is 16.0. The van der Waals surface area contributed by atoms with Crippen LogP contribution in [-0.2, 0) is 4.79 Å². The average molecular weight is 349 g/mol. The molecule has 1 unspecified atom stereocenters. The second-order valence-electron chi connectivity index (χ2n) is 4.56. The molecule has 0 spiro atoms. The molecule has 6 heteroatoms. The van der Waals surface area contributed by atoms with Gasteiger partial charge in [-0.15, -0.1) is 0 Å². The summed E-state index contributed by atoms with van der Waals surface area (Å²) in [6, 6.07) is 4.84. The van der Waals surface area contributed by atoms with Crippen molar-refractivity contribution in [3.63, 3.8) is 0 Å². The van der Waals surface area contributed by atoms with Crippen molar-refractivity contribution in [1.82, 2.24) is 5.32 Å². The molecule has 1 aromatic rings. The van der Waals surface area contributed by atoms with Crippen LogP contribution in [0.15, 0.2) is 22.7 Å². The van der Waals surface area contributed by atoms with Gasteiger partial charge in [0.2, 0.25) is 0 Å². The fourth-order valence-corrected chi connectivity index (χ4v) is 2.46. The van der Waals surface area contributed by atoms with Crippen molar-refractivity contribution >= 4 is 39.4 Å². The van der Waals surface area contributed by atoms with Gasteiger partial charge < -0.3 is 10.4 Å². The van der Waals surface area contributed by atoms with E-state index in [4.69, 9.17) is 16.7 Å². The van der Waals surface area contributed by atoms with E-state index in [1.165, 1.54) is 6.07 Å². The Morgan fingerprint density at radius 3 is 2.47 bits per heavy atom. The number of carboxylic acids is 1. The normalized spacial score (nSPS) is 12.3. The highest BCUT2D eigenvalue weighted by Gasteiger charge is 2.22. The fraction of sp³-hybridized carbons (Fsp3) is 0.385. The molecule has 0 radical (unpaired) electrons. The summed E-state index contributed by atoms with van der Waals surface area (Å²) in [4.78, 5) is 22.9. The van der Waals surface area contributed by atoms with E-state index in [1.807, 2.05) is 0 Å². The maximum atomic E-state index is 11.9. The third kappa shape index (κ3) is 4.84. The Balaban J connectivity index is 2.72. The number of halogens is 2. The molecule has 0 fully saturated rings. The molecule has 0 aliphatic carbocycles. The molecule has 0 heterocycles. The van der Waals surface area contributed by atoms with Gasteiger partial charge in [-0.25, -0.2) is 0 Å². The molecule has 1 rings (SSSR count). The standard InChI is InChI=1S/C13H15BrClNO3/c1-7(2)11(13(18)19)6-16-12(17)8-3-9(14)5-10(15)4-8/h3-5,7,11H,6H2,1-2H3,(H,16,17)(H,18,19). The number of carbonyl (C=O) groups is 2. The van der Waals surface area contributed by atoms with Crippen LogP contribution in [0.2, 0.25) is 5.02 Å². The van der Waals surface area contributed by atoms with Crippen molar-refractivity contribution in [2.24, 2.45) is 11.8 Å². The largest absolute Gasteiger partial charge is 0.481 e. The molecule has 0 aliphatic heterocycles. The van der Waals surface area contributed by atoms with Crippen molar-refractivity contribution in [3.8, 4) is 0 Å². The highest BCUT2D eigenvalue weighted by Crippen LogP contribution is 2.19. The van der Waals surface area contributed by atoms with Crippen molar-refractivity contribution in [2.45, 2.75) is 13.8 Å². The number of rotatable bonds is 5. The Morgan fingerprint density at radius 2 is 2.00 bits per heavy atom. The smallest absolute Gasteiger partial charge is 0.308 e. The van der Waals surface area contributed by atoms with Gasteiger partial charge in [-0.05, 0) is 24.1 Å². The molecule has 0 saturated heterocycles. The Kier molecular flexibility index (Phi) is 5.82. The summed E-state index contributed by atoms with van der Waals surface area (Å²) in [7, 11) is 0. The van der Waals surface area contributed by atoms with Gasteiger partial charge in [0.15, 0.2) is 0 Å². The monoisotopic (exact) mass is 347 g/mol. The molecule has 0 aromatic heterocycles. The third-order valence-electron chi connectivity index (χ3n) is 2.73. The predicted molar refractivity (Wildman–Crippen MR) is 77.4 cm³/mol. The number of carbonyl (C=O) groups excluding carboxylic acids is 1. The van der Waals surface area contributed by atoms with E-state index in [9.17, 15) is 9.59 Å². The maximum Gasteiger partial charge on any atom is 0.308 e. The predicted octanol–water partition coefficient (Wildman–Crippen LogP) is 3.19. The molecule has 2 N–H and O–H groups in total. The Labute approximate surface area is 125 Å².